The van der Waals surface area contributed by atoms with Gasteiger partial charge in [0, 0.05) is 23.6 Å². The van der Waals surface area contributed by atoms with Crippen LogP contribution in [0.1, 0.15) is 17.1 Å². The molecule has 2 heterocycles. The van der Waals surface area contributed by atoms with Crippen molar-refractivity contribution in [2.45, 2.75) is 20.0 Å². The third-order valence-corrected chi connectivity index (χ3v) is 4.89. The third kappa shape index (κ3) is 5.16. The first-order valence-corrected chi connectivity index (χ1v) is 9.65. The summed E-state index contributed by atoms with van der Waals surface area (Å²) in [6, 6.07) is 15.6. The second-order valence-electron chi connectivity index (χ2n) is 6.76. The fraction of sp³-hybridized carbons (Fsp3) is 0.227. The molecule has 0 radical (unpaired) electrons. The van der Waals surface area contributed by atoms with Crippen LogP contribution in [-0.4, -0.2) is 35.3 Å². The Labute approximate surface area is 197 Å². The monoisotopic (exact) mass is 532 g/mol. The Morgan fingerprint density at radius 2 is 1.84 bits per heavy atom. The van der Waals surface area contributed by atoms with E-state index in [2.05, 4.69) is 43.8 Å². The molecule has 0 atom stereocenters. The van der Waals surface area contributed by atoms with Crippen molar-refractivity contribution < 1.29 is 9.15 Å². The molecule has 2 aromatic heterocycles. The lowest BCUT2D eigenvalue weighted by Crippen LogP contribution is -2.36. The number of aliphatic imine (C=N–C) groups is 1. The average Bonchev–Trinajstić information content (AvgIpc) is 3.39. The molecule has 162 valence electrons. The summed E-state index contributed by atoms with van der Waals surface area (Å²) in [5.41, 5.74) is 2.94. The third-order valence-electron chi connectivity index (χ3n) is 4.89. The van der Waals surface area contributed by atoms with Gasteiger partial charge in [0.15, 0.2) is 11.8 Å². The lowest BCUT2D eigenvalue weighted by atomic mass is 10.1. The van der Waals surface area contributed by atoms with Crippen molar-refractivity contribution >= 4 is 40.9 Å². The molecular weight excluding hydrogens is 507 g/mol. The molecule has 0 spiro atoms. The smallest absolute Gasteiger partial charge is 0.191 e. The van der Waals surface area contributed by atoms with E-state index in [0.29, 0.717) is 30.7 Å². The van der Waals surface area contributed by atoms with Gasteiger partial charge >= 0.3 is 0 Å². The van der Waals surface area contributed by atoms with E-state index in [1.807, 2.05) is 42.5 Å². The molecule has 9 heteroatoms. The molecule has 31 heavy (non-hydrogen) atoms. The number of halogens is 1. The first-order chi connectivity index (χ1) is 14.7. The van der Waals surface area contributed by atoms with E-state index in [1.54, 1.807) is 14.2 Å². The number of nitrogens with one attached hydrogen (secondary N) is 3. The van der Waals surface area contributed by atoms with E-state index in [9.17, 15) is 0 Å². The number of para-hydroxylation sites is 1. The highest BCUT2D eigenvalue weighted by Gasteiger charge is 2.11. The molecular formula is C22H25IN6O2. The summed E-state index contributed by atoms with van der Waals surface area (Å²) >= 11 is 0. The maximum absolute atomic E-state index is 5.94. The van der Waals surface area contributed by atoms with E-state index in [0.717, 1.165) is 33.6 Å². The predicted octanol–water partition coefficient (Wildman–Crippen LogP) is 4.02. The van der Waals surface area contributed by atoms with Gasteiger partial charge in [-0.1, -0.05) is 18.2 Å². The van der Waals surface area contributed by atoms with Gasteiger partial charge in [0.25, 0.3) is 0 Å². The van der Waals surface area contributed by atoms with Crippen molar-refractivity contribution in [3.05, 3.63) is 65.7 Å². The molecule has 0 amide bonds. The maximum atomic E-state index is 5.94. The van der Waals surface area contributed by atoms with E-state index in [1.165, 1.54) is 0 Å². The van der Waals surface area contributed by atoms with Gasteiger partial charge < -0.3 is 19.8 Å². The second kappa shape index (κ2) is 10.3. The fourth-order valence-electron chi connectivity index (χ4n) is 3.19. The molecule has 4 aromatic rings. The highest BCUT2D eigenvalue weighted by Crippen LogP contribution is 2.24. The summed E-state index contributed by atoms with van der Waals surface area (Å²) < 4.78 is 11.1. The number of hydrogen-bond donors (Lipinski definition) is 3. The van der Waals surface area contributed by atoms with Crippen LogP contribution in [0.2, 0.25) is 0 Å². The van der Waals surface area contributed by atoms with Gasteiger partial charge in [-0.05, 0) is 37.3 Å². The summed E-state index contributed by atoms with van der Waals surface area (Å²) in [5.74, 6) is 3.68. The summed E-state index contributed by atoms with van der Waals surface area (Å²) in [6.45, 7) is 3.06. The molecule has 4 rings (SSSR count). The minimum Gasteiger partial charge on any atom is -0.497 e. The zero-order valence-electron chi connectivity index (χ0n) is 17.6. The number of aryl methyl sites for hydroxylation is 1. The molecule has 3 N–H and O–H groups in total. The van der Waals surface area contributed by atoms with Crippen LogP contribution in [-0.2, 0) is 13.1 Å². The largest absolute Gasteiger partial charge is 0.497 e. The van der Waals surface area contributed by atoms with Crippen molar-refractivity contribution in [2.24, 2.45) is 4.99 Å². The van der Waals surface area contributed by atoms with E-state index >= 15 is 0 Å². The van der Waals surface area contributed by atoms with Crippen molar-refractivity contribution in [3.8, 4) is 17.1 Å². The van der Waals surface area contributed by atoms with Crippen LogP contribution in [0.25, 0.3) is 22.4 Å². The van der Waals surface area contributed by atoms with Crippen LogP contribution in [0.5, 0.6) is 5.75 Å². The number of aromatic amines is 1. The molecule has 0 aliphatic rings. The number of hydrogen-bond acceptors (Lipinski definition) is 5. The van der Waals surface area contributed by atoms with E-state index in [-0.39, 0.29) is 24.0 Å². The molecule has 2 aromatic carbocycles. The van der Waals surface area contributed by atoms with Crippen molar-refractivity contribution in [1.29, 1.82) is 0 Å². The molecule has 0 bridgehead atoms. The highest BCUT2D eigenvalue weighted by molar-refractivity contribution is 14.0. The lowest BCUT2D eigenvalue weighted by Gasteiger charge is -2.10. The number of methoxy groups -OCH3 is 1. The highest BCUT2D eigenvalue weighted by atomic mass is 127. The van der Waals surface area contributed by atoms with Gasteiger partial charge in [-0.15, -0.1) is 24.0 Å². The Morgan fingerprint density at radius 3 is 2.55 bits per heavy atom. The topological polar surface area (TPSA) is 100 Å². The number of nitrogens with zero attached hydrogens (tertiary/aromatic N) is 3. The summed E-state index contributed by atoms with van der Waals surface area (Å²) in [6.07, 6.45) is 0. The van der Waals surface area contributed by atoms with Crippen LogP contribution >= 0.6 is 24.0 Å². The number of benzene rings is 2. The number of fused-ring (bicyclic) bond motifs is 1. The van der Waals surface area contributed by atoms with Gasteiger partial charge in [-0.25, -0.2) is 4.98 Å². The Bertz CT molecular complexity index is 1170. The van der Waals surface area contributed by atoms with Crippen molar-refractivity contribution in [1.82, 2.24) is 25.8 Å². The van der Waals surface area contributed by atoms with Crippen LogP contribution < -0.4 is 15.4 Å². The molecule has 0 saturated carbocycles. The molecule has 0 unspecified atom stereocenters. The van der Waals surface area contributed by atoms with E-state index < -0.39 is 0 Å². The van der Waals surface area contributed by atoms with Crippen LogP contribution in [0.15, 0.2) is 57.9 Å². The first kappa shape index (κ1) is 22.6. The number of guanidine groups is 1. The molecule has 0 saturated heterocycles. The van der Waals surface area contributed by atoms with Crippen molar-refractivity contribution in [2.75, 3.05) is 14.2 Å². The summed E-state index contributed by atoms with van der Waals surface area (Å²) in [7, 11) is 3.37. The van der Waals surface area contributed by atoms with Gasteiger partial charge in [0.2, 0.25) is 0 Å². The van der Waals surface area contributed by atoms with Gasteiger partial charge in [-0.3, -0.25) is 10.1 Å². The Kier molecular flexibility index (Phi) is 7.50. The average molecular weight is 532 g/mol. The normalized spacial score (nSPS) is 11.3. The van der Waals surface area contributed by atoms with Crippen LogP contribution in [0.3, 0.4) is 0 Å². The number of ether oxygens (including phenoxy) is 1. The van der Waals surface area contributed by atoms with Gasteiger partial charge in [0.1, 0.15) is 22.9 Å². The Morgan fingerprint density at radius 1 is 1.10 bits per heavy atom. The van der Waals surface area contributed by atoms with Crippen LogP contribution in [0.4, 0.5) is 0 Å². The predicted molar refractivity (Wildman–Crippen MR) is 132 cm³/mol. The zero-order valence-corrected chi connectivity index (χ0v) is 19.9. The van der Waals surface area contributed by atoms with Crippen LogP contribution in [0, 0.1) is 6.92 Å². The summed E-state index contributed by atoms with van der Waals surface area (Å²) in [4.78, 5) is 8.79. The van der Waals surface area contributed by atoms with Crippen molar-refractivity contribution in [3.63, 3.8) is 0 Å². The standard InChI is InChI=1S/C22H24N6O2.HI/c1-14-17-6-4-5-7-18(17)30-19(14)12-24-22(23-2)25-13-20-26-21(28-27-20)15-8-10-16(29-3)11-9-15;/h4-11H,12-13H2,1-3H3,(H2,23,24,25)(H,26,27,28);1H. The molecule has 0 aliphatic carbocycles. The number of aromatic nitrogens is 3. The summed E-state index contributed by atoms with van der Waals surface area (Å²) in [5, 5.41) is 14.9. The SMILES string of the molecule is CN=C(NCc1nc(-c2ccc(OC)cc2)n[nH]1)NCc1oc2ccccc2c1C.I. The minimum absolute atomic E-state index is 0. The molecule has 8 nitrogen and oxygen atoms in total. The van der Waals surface area contributed by atoms with E-state index in [4.69, 9.17) is 9.15 Å². The van der Waals surface area contributed by atoms with Gasteiger partial charge in [0.05, 0.1) is 20.2 Å². The Balaban J connectivity index is 0.00000272. The van der Waals surface area contributed by atoms with Gasteiger partial charge in [-0.2, -0.15) is 5.10 Å². The molecule has 0 aliphatic heterocycles. The number of furan rings is 1. The quantitative estimate of drug-likeness (QED) is 0.197. The second-order valence-corrected chi connectivity index (χ2v) is 6.76. The fourth-order valence-corrected chi connectivity index (χ4v) is 3.19. The number of H-pyrrole nitrogens is 1. The lowest BCUT2D eigenvalue weighted by molar-refractivity contribution is 0.415. The maximum Gasteiger partial charge on any atom is 0.191 e. The zero-order chi connectivity index (χ0) is 20.9. The molecule has 0 fully saturated rings. The first-order valence-electron chi connectivity index (χ1n) is 9.65. The minimum atomic E-state index is 0. The Hall–Kier alpha value is -3.08. The number of rotatable bonds is 6.